The Labute approximate surface area is 217 Å². The van der Waals surface area contributed by atoms with E-state index in [1.165, 1.54) is 5.56 Å². The van der Waals surface area contributed by atoms with Crippen LogP contribution < -0.4 is 4.90 Å². The van der Waals surface area contributed by atoms with E-state index in [2.05, 4.69) is 67.9 Å². The lowest BCUT2D eigenvalue weighted by Crippen LogP contribution is -2.52. The molecule has 186 valence electrons. The van der Waals surface area contributed by atoms with Crippen LogP contribution in [0.4, 0.5) is 5.82 Å². The molecule has 1 N–H and O–H groups in total. The summed E-state index contributed by atoms with van der Waals surface area (Å²) in [5.41, 5.74) is 3.40. The van der Waals surface area contributed by atoms with E-state index in [9.17, 15) is 0 Å². The number of ether oxygens (including phenoxy) is 1. The summed E-state index contributed by atoms with van der Waals surface area (Å²) in [7, 11) is 0. The molecule has 3 aliphatic rings. The summed E-state index contributed by atoms with van der Waals surface area (Å²) in [6, 6.07) is 12.8. The summed E-state index contributed by atoms with van der Waals surface area (Å²) < 4.78 is 6.11. The fourth-order valence-electron chi connectivity index (χ4n) is 5.09. The number of aromatic nitrogens is 2. The van der Waals surface area contributed by atoms with Crippen molar-refractivity contribution in [3.63, 3.8) is 0 Å². The van der Waals surface area contributed by atoms with Gasteiger partial charge in [0.25, 0.3) is 0 Å². The number of hydrogen-bond acceptors (Lipinski definition) is 5. The van der Waals surface area contributed by atoms with Gasteiger partial charge in [-0.1, -0.05) is 71.8 Å². The second-order valence-electron chi connectivity index (χ2n) is 9.61. The van der Waals surface area contributed by atoms with E-state index in [1.54, 1.807) is 0 Å². The second kappa shape index (κ2) is 11.3. The normalized spacial score (nSPS) is 24.7. The summed E-state index contributed by atoms with van der Waals surface area (Å²) in [5.74, 6) is 1.02. The third kappa shape index (κ3) is 6.19. The van der Waals surface area contributed by atoms with Crippen molar-refractivity contribution in [2.75, 3.05) is 57.3 Å². The number of aromatic amines is 1. The van der Waals surface area contributed by atoms with Crippen LogP contribution >= 0.6 is 23.2 Å². The lowest BCUT2D eigenvalue weighted by atomic mass is 9.95. The topological polar surface area (TPSA) is 47.6 Å². The Morgan fingerprint density at radius 1 is 1.06 bits per heavy atom. The molecule has 5 rings (SSSR count). The van der Waals surface area contributed by atoms with Gasteiger partial charge in [0.15, 0.2) is 5.82 Å². The number of halogens is 2. The van der Waals surface area contributed by atoms with Gasteiger partial charge >= 0.3 is 0 Å². The lowest BCUT2D eigenvalue weighted by molar-refractivity contribution is -0.0463. The molecule has 3 heterocycles. The third-order valence-corrected chi connectivity index (χ3v) is 7.85. The first-order valence-corrected chi connectivity index (χ1v) is 13.1. The van der Waals surface area contributed by atoms with Crippen molar-refractivity contribution in [1.29, 1.82) is 0 Å². The number of hydrogen-bond donors (Lipinski definition) is 1. The number of nitrogens with one attached hydrogen (secondary N) is 1. The molecule has 0 bridgehead atoms. The van der Waals surface area contributed by atoms with Gasteiger partial charge in [-0.15, -0.1) is 0 Å². The zero-order chi connectivity index (χ0) is 24.2. The van der Waals surface area contributed by atoms with Gasteiger partial charge in [-0.25, -0.2) is 0 Å². The predicted molar refractivity (Wildman–Crippen MR) is 143 cm³/mol. The fourth-order valence-corrected chi connectivity index (χ4v) is 5.47. The number of benzene rings is 1. The summed E-state index contributed by atoms with van der Waals surface area (Å²) >= 11 is 12.5. The van der Waals surface area contributed by atoms with Crippen molar-refractivity contribution in [3.05, 3.63) is 82.0 Å². The van der Waals surface area contributed by atoms with Crippen molar-refractivity contribution < 1.29 is 4.74 Å². The van der Waals surface area contributed by atoms with Crippen LogP contribution in [0.25, 0.3) is 0 Å². The highest BCUT2D eigenvalue weighted by atomic mass is 35.5. The van der Waals surface area contributed by atoms with Crippen LogP contribution in [0.3, 0.4) is 0 Å². The molecule has 2 aromatic rings. The van der Waals surface area contributed by atoms with Gasteiger partial charge in [-0.2, -0.15) is 5.10 Å². The smallest absolute Gasteiger partial charge is 0.150 e. The highest BCUT2D eigenvalue weighted by Crippen LogP contribution is 2.36. The van der Waals surface area contributed by atoms with Gasteiger partial charge in [-0.3, -0.25) is 14.9 Å². The minimum absolute atomic E-state index is 0.0322. The molecule has 6 nitrogen and oxygen atoms in total. The van der Waals surface area contributed by atoms with Crippen molar-refractivity contribution in [3.8, 4) is 0 Å². The Morgan fingerprint density at radius 3 is 2.66 bits per heavy atom. The first kappa shape index (κ1) is 24.6. The minimum Gasteiger partial charge on any atom is -0.374 e. The fraction of sp³-hybridized carbons (Fsp3) is 0.444. The molecule has 2 saturated heterocycles. The van der Waals surface area contributed by atoms with Crippen LogP contribution in [0.15, 0.2) is 70.8 Å². The minimum atomic E-state index is 0.0322. The SMILES string of the molecule is C=C1CC(Cl)=C(Cl)C=CC1c1cc(N2CCN(CC3CN(Cc4ccccc4)CCO3)CC2)n[nH]1. The molecule has 2 fully saturated rings. The summed E-state index contributed by atoms with van der Waals surface area (Å²) in [6.07, 6.45) is 4.74. The second-order valence-corrected chi connectivity index (χ2v) is 10.5. The van der Waals surface area contributed by atoms with E-state index in [-0.39, 0.29) is 12.0 Å². The Morgan fingerprint density at radius 2 is 1.86 bits per heavy atom. The van der Waals surface area contributed by atoms with Gasteiger partial charge in [-0.05, 0) is 11.6 Å². The molecule has 0 saturated carbocycles. The quantitative estimate of drug-likeness (QED) is 0.566. The molecular weight excluding hydrogens is 481 g/mol. The third-order valence-electron chi connectivity index (χ3n) is 7.07. The zero-order valence-electron chi connectivity index (χ0n) is 20.0. The van der Waals surface area contributed by atoms with E-state index in [0.717, 1.165) is 76.0 Å². The zero-order valence-corrected chi connectivity index (χ0v) is 21.5. The van der Waals surface area contributed by atoms with Crippen molar-refractivity contribution in [2.45, 2.75) is 25.0 Å². The molecule has 1 aromatic heterocycles. The molecular formula is C27H33Cl2N5O. The van der Waals surface area contributed by atoms with Gasteiger partial charge in [0, 0.05) is 81.5 Å². The Hall–Kier alpha value is -2.09. The number of H-pyrrole nitrogens is 1. The van der Waals surface area contributed by atoms with Crippen LogP contribution in [-0.2, 0) is 11.3 Å². The molecule has 2 atom stereocenters. The number of morpholine rings is 1. The van der Waals surface area contributed by atoms with Gasteiger partial charge in [0.1, 0.15) is 0 Å². The van der Waals surface area contributed by atoms with Crippen LogP contribution in [0, 0.1) is 0 Å². The van der Waals surface area contributed by atoms with Gasteiger partial charge in [0.05, 0.1) is 17.7 Å². The predicted octanol–water partition coefficient (Wildman–Crippen LogP) is 4.72. The number of allylic oxidation sites excluding steroid dienone is 5. The molecule has 35 heavy (non-hydrogen) atoms. The Balaban J connectivity index is 1.11. The molecule has 0 amide bonds. The summed E-state index contributed by atoms with van der Waals surface area (Å²) in [4.78, 5) is 7.38. The molecule has 0 radical (unpaired) electrons. The van der Waals surface area contributed by atoms with E-state index in [1.807, 2.05) is 12.2 Å². The average Bonchev–Trinajstić information content (AvgIpc) is 3.30. The van der Waals surface area contributed by atoms with Crippen LogP contribution in [0.1, 0.15) is 23.6 Å². The first-order valence-electron chi connectivity index (χ1n) is 12.4. The summed E-state index contributed by atoms with van der Waals surface area (Å²) in [5, 5.41) is 9.04. The number of rotatable bonds is 6. The highest BCUT2D eigenvalue weighted by molar-refractivity contribution is 6.40. The van der Waals surface area contributed by atoms with E-state index >= 15 is 0 Å². The van der Waals surface area contributed by atoms with Crippen LogP contribution in [0.5, 0.6) is 0 Å². The van der Waals surface area contributed by atoms with Gasteiger partial charge in [0.2, 0.25) is 0 Å². The molecule has 1 aromatic carbocycles. The maximum atomic E-state index is 6.26. The Kier molecular flexibility index (Phi) is 7.95. The Bertz CT molecular complexity index is 1070. The number of anilines is 1. The monoisotopic (exact) mass is 513 g/mol. The summed E-state index contributed by atoms with van der Waals surface area (Å²) in [6.45, 7) is 12.9. The van der Waals surface area contributed by atoms with Crippen molar-refractivity contribution >= 4 is 29.0 Å². The standard InChI is InChI=1S/C27H33Cl2N5O/c1-20-15-25(29)24(28)8-7-23(20)26-16-27(31-30-26)34-11-9-32(10-12-34)18-22-19-33(13-14-35-22)17-21-5-3-2-4-6-21/h2-8,16,22-23H,1,9-15,17-19H2,(H,30,31). The maximum Gasteiger partial charge on any atom is 0.150 e. The van der Waals surface area contributed by atoms with Crippen LogP contribution in [0.2, 0.25) is 0 Å². The molecule has 2 unspecified atom stereocenters. The van der Waals surface area contributed by atoms with Crippen molar-refractivity contribution in [2.24, 2.45) is 0 Å². The number of piperazine rings is 1. The average molecular weight is 515 g/mol. The van der Waals surface area contributed by atoms with Crippen LogP contribution in [-0.4, -0.2) is 78.5 Å². The maximum absolute atomic E-state index is 6.26. The molecule has 2 aliphatic heterocycles. The molecule has 8 heteroatoms. The van der Waals surface area contributed by atoms with E-state index in [0.29, 0.717) is 16.5 Å². The first-order chi connectivity index (χ1) is 17.0. The number of nitrogens with zero attached hydrogens (tertiary/aromatic N) is 4. The highest BCUT2D eigenvalue weighted by Gasteiger charge is 2.26. The molecule has 1 aliphatic carbocycles. The molecule has 0 spiro atoms. The van der Waals surface area contributed by atoms with E-state index < -0.39 is 0 Å². The van der Waals surface area contributed by atoms with Gasteiger partial charge < -0.3 is 9.64 Å². The van der Waals surface area contributed by atoms with Crippen molar-refractivity contribution in [1.82, 2.24) is 20.0 Å². The largest absolute Gasteiger partial charge is 0.374 e. The lowest BCUT2D eigenvalue weighted by Gasteiger charge is -2.39. The van der Waals surface area contributed by atoms with E-state index in [4.69, 9.17) is 27.9 Å².